The summed E-state index contributed by atoms with van der Waals surface area (Å²) in [6.07, 6.45) is 2.95. The number of aliphatic imine (C=N–C) groups is 1. The summed E-state index contributed by atoms with van der Waals surface area (Å²) in [5.74, 6) is 1.69. The summed E-state index contributed by atoms with van der Waals surface area (Å²) in [6, 6.07) is 15.9. The lowest BCUT2D eigenvalue weighted by Gasteiger charge is -2.10. The van der Waals surface area contributed by atoms with Crippen LogP contribution in [-0.2, 0) is 6.54 Å². The molecule has 0 saturated carbocycles. The Kier molecular flexibility index (Phi) is 8.44. The molecule has 1 aromatic heterocycles. The van der Waals surface area contributed by atoms with Crippen LogP contribution >= 0.6 is 24.0 Å². The van der Waals surface area contributed by atoms with Crippen LogP contribution in [-0.4, -0.2) is 28.1 Å². The van der Waals surface area contributed by atoms with E-state index in [1.807, 2.05) is 42.6 Å². The van der Waals surface area contributed by atoms with Crippen molar-refractivity contribution < 1.29 is 4.74 Å². The van der Waals surface area contributed by atoms with Crippen molar-refractivity contribution >= 4 is 35.6 Å². The van der Waals surface area contributed by atoms with Gasteiger partial charge in [0.15, 0.2) is 5.96 Å². The van der Waals surface area contributed by atoms with E-state index in [1.165, 1.54) is 5.56 Å². The molecule has 0 saturated heterocycles. The van der Waals surface area contributed by atoms with Crippen LogP contribution in [0.1, 0.15) is 37.4 Å². The Morgan fingerprint density at radius 1 is 1.17 bits per heavy atom. The lowest BCUT2D eigenvalue weighted by Crippen LogP contribution is -2.22. The van der Waals surface area contributed by atoms with Gasteiger partial charge in [-0.05, 0) is 54.3 Å². The third-order valence-electron chi connectivity index (χ3n) is 4.65. The van der Waals surface area contributed by atoms with E-state index in [9.17, 15) is 0 Å². The Hall–Kier alpha value is -2.62. The molecule has 0 radical (unpaired) electrons. The number of anilines is 1. The number of nitrogens with zero attached hydrogens (tertiary/aromatic N) is 4. The standard InChI is InChI=1S/C21H26N6O.HI/c1-4-15(2)16-5-7-17(8-6-16)24-21(22)23-13-18-14-27(26-25-18)19-9-11-20(28-3)12-10-19;/h5-12,14-15H,4,13H2,1-3H3,(H3,22,23,24);1H. The monoisotopic (exact) mass is 506 g/mol. The number of ether oxygens (including phenoxy) is 1. The smallest absolute Gasteiger partial charge is 0.193 e. The molecule has 1 atom stereocenters. The Balaban J connectivity index is 0.00000300. The molecule has 0 spiro atoms. The average Bonchev–Trinajstić information content (AvgIpc) is 3.21. The predicted octanol–water partition coefficient (Wildman–Crippen LogP) is 4.33. The maximum absolute atomic E-state index is 6.00. The van der Waals surface area contributed by atoms with Crippen molar-refractivity contribution in [3.05, 3.63) is 66.0 Å². The summed E-state index contributed by atoms with van der Waals surface area (Å²) >= 11 is 0. The molecule has 2 aromatic carbocycles. The first-order valence-electron chi connectivity index (χ1n) is 9.31. The molecule has 29 heavy (non-hydrogen) atoms. The van der Waals surface area contributed by atoms with Crippen molar-refractivity contribution in [1.82, 2.24) is 15.0 Å². The minimum absolute atomic E-state index is 0. The number of aromatic nitrogens is 3. The lowest BCUT2D eigenvalue weighted by atomic mass is 9.99. The van der Waals surface area contributed by atoms with Gasteiger partial charge in [-0.25, -0.2) is 9.67 Å². The highest BCUT2D eigenvalue weighted by atomic mass is 127. The van der Waals surface area contributed by atoms with Gasteiger partial charge in [0.25, 0.3) is 0 Å². The molecular weight excluding hydrogens is 479 g/mol. The molecule has 1 unspecified atom stereocenters. The summed E-state index contributed by atoms with van der Waals surface area (Å²) in [5, 5.41) is 11.4. The molecule has 0 fully saturated rings. The first kappa shape index (κ1) is 22.7. The van der Waals surface area contributed by atoms with Gasteiger partial charge in [-0.15, -0.1) is 29.1 Å². The van der Waals surface area contributed by atoms with E-state index in [-0.39, 0.29) is 24.0 Å². The van der Waals surface area contributed by atoms with Gasteiger partial charge in [-0.1, -0.05) is 31.2 Å². The van der Waals surface area contributed by atoms with Crippen LogP contribution in [0.15, 0.2) is 59.7 Å². The second-order valence-corrected chi connectivity index (χ2v) is 6.61. The fraction of sp³-hybridized carbons (Fsp3) is 0.286. The molecule has 0 aliphatic rings. The van der Waals surface area contributed by atoms with E-state index < -0.39 is 0 Å². The molecule has 3 N–H and O–H groups in total. The Labute approximate surface area is 188 Å². The number of benzene rings is 2. The summed E-state index contributed by atoms with van der Waals surface area (Å²) < 4.78 is 6.86. The predicted molar refractivity (Wildman–Crippen MR) is 127 cm³/mol. The first-order valence-corrected chi connectivity index (χ1v) is 9.31. The topological polar surface area (TPSA) is 90.3 Å². The Morgan fingerprint density at radius 3 is 2.48 bits per heavy atom. The highest BCUT2D eigenvalue weighted by Crippen LogP contribution is 2.20. The molecule has 3 aromatic rings. The summed E-state index contributed by atoms with van der Waals surface area (Å²) in [4.78, 5) is 4.35. The van der Waals surface area contributed by atoms with Gasteiger partial charge in [0, 0.05) is 5.69 Å². The van der Waals surface area contributed by atoms with Crippen LogP contribution in [0.25, 0.3) is 5.69 Å². The van der Waals surface area contributed by atoms with Crippen LogP contribution in [0, 0.1) is 0 Å². The van der Waals surface area contributed by atoms with Gasteiger partial charge in [0.05, 0.1) is 25.5 Å². The van der Waals surface area contributed by atoms with Crippen molar-refractivity contribution in [2.75, 3.05) is 12.4 Å². The third-order valence-corrected chi connectivity index (χ3v) is 4.65. The summed E-state index contributed by atoms with van der Waals surface area (Å²) in [7, 11) is 1.64. The van der Waals surface area contributed by atoms with Crippen molar-refractivity contribution in [1.29, 1.82) is 0 Å². The van der Waals surface area contributed by atoms with E-state index in [4.69, 9.17) is 10.5 Å². The largest absolute Gasteiger partial charge is 0.497 e. The highest BCUT2D eigenvalue weighted by Gasteiger charge is 2.05. The maximum atomic E-state index is 6.00. The molecule has 0 aliphatic heterocycles. The minimum atomic E-state index is 0. The molecule has 7 nitrogen and oxygen atoms in total. The molecule has 0 amide bonds. The van der Waals surface area contributed by atoms with Crippen molar-refractivity contribution in [3.63, 3.8) is 0 Å². The number of halogens is 1. The normalized spacial score (nSPS) is 12.2. The third kappa shape index (κ3) is 6.18. The number of hydrogen-bond acceptors (Lipinski definition) is 4. The van der Waals surface area contributed by atoms with E-state index in [0.717, 1.165) is 29.2 Å². The van der Waals surface area contributed by atoms with E-state index in [2.05, 4.69) is 46.6 Å². The Bertz CT molecular complexity index is 921. The van der Waals surface area contributed by atoms with Crippen LogP contribution < -0.4 is 15.8 Å². The minimum Gasteiger partial charge on any atom is -0.497 e. The molecule has 3 rings (SSSR count). The van der Waals surface area contributed by atoms with Gasteiger partial charge in [0.1, 0.15) is 11.4 Å². The number of rotatable bonds is 7. The molecule has 154 valence electrons. The number of methoxy groups -OCH3 is 1. The summed E-state index contributed by atoms with van der Waals surface area (Å²) in [5.41, 5.74) is 9.86. The number of guanidine groups is 1. The van der Waals surface area contributed by atoms with Crippen molar-refractivity contribution in [2.45, 2.75) is 32.7 Å². The van der Waals surface area contributed by atoms with Crippen LogP contribution in [0.4, 0.5) is 5.69 Å². The van der Waals surface area contributed by atoms with Crippen LogP contribution in [0.3, 0.4) is 0 Å². The molecule has 0 aliphatic carbocycles. The van der Waals surface area contributed by atoms with Gasteiger partial charge in [-0.2, -0.15) is 0 Å². The zero-order chi connectivity index (χ0) is 19.9. The molecule has 1 heterocycles. The number of nitrogens with two attached hydrogens (primary N) is 1. The van der Waals surface area contributed by atoms with E-state index in [0.29, 0.717) is 18.4 Å². The second kappa shape index (κ2) is 10.8. The quantitative estimate of drug-likeness (QED) is 0.283. The lowest BCUT2D eigenvalue weighted by molar-refractivity contribution is 0.414. The molecular formula is C21H27IN6O. The zero-order valence-corrected chi connectivity index (χ0v) is 19.2. The van der Waals surface area contributed by atoms with Gasteiger partial charge < -0.3 is 15.8 Å². The average molecular weight is 506 g/mol. The summed E-state index contributed by atoms with van der Waals surface area (Å²) in [6.45, 7) is 4.75. The number of hydrogen-bond donors (Lipinski definition) is 2. The Morgan fingerprint density at radius 2 is 1.86 bits per heavy atom. The first-order chi connectivity index (χ1) is 13.6. The highest BCUT2D eigenvalue weighted by molar-refractivity contribution is 14.0. The fourth-order valence-electron chi connectivity index (χ4n) is 2.72. The van der Waals surface area contributed by atoms with Gasteiger partial charge >= 0.3 is 0 Å². The zero-order valence-electron chi connectivity index (χ0n) is 16.9. The van der Waals surface area contributed by atoms with E-state index >= 15 is 0 Å². The second-order valence-electron chi connectivity index (χ2n) is 6.61. The maximum Gasteiger partial charge on any atom is 0.193 e. The van der Waals surface area contributed by atoms with Gasteiger partial charge in [-0.3, -0.25) is 0 Å². The SMILES string of the molecule is CCC(C)c1ccc(NC(N)=NCc2cn(-c3ccc(OC)cc3)nn2)cc1.I. The van der Waals surface area contributed by atoms with Crippen LogP contribution in [0.2, 0.25) is 0 Å². The van der Waals surface area contributed by atoms with Crippen molar-refractivity contribution in [3.8, 4) is 11.4 Å². The molecule has 8 heteroatoms. The van der Waals surface area contributed by atoms with E-state index in [1.54, 1.807) is 11.8 Å². The number of nitrogens with one attached hydrogen (secondary N) is 1. The van der Waals surface area contributed by atoms with Crippen LogP contribution in [0.5, 0.6) is 5.75 Å². The van der Waals surface area contributed by atoms with Crippen molar-refractivity contribution in [2.24, 2.45) is 10.7 Å². The van der Waals surface area contributed by atoms with Gasteiger partial charge in [0.2, 0.25) is 0 Å². The molecule has 0 bridgehead atoms. The fourth-order valence-corrected chi connectivity index (χ4v) is 2.72.